The summed E-state index contributed by atoms with van der Waals surface area (Å²) in [5.41, 5.74) is 13.3. The number of piperazine rings is 1. The van der Waals surface area contributed by atoms with E-state index in [9.17, 15) is 13.2 Å². The van der Waals surface area contributed by atoms with Crippen LogP contribution < -0.4 is 16.8 Å². The molecule has 1 saturated heterocycles. The van der Waals surface area contributed by atoms with Crippen LogP contribution in [0.3, 0.4) is 0 Å². The predicted molar refractivity (Wildman–Crippen MR) is 127 cm³/mol. The van der Waals surface area contributed by atoms with Crippen molar-refractivity contribution in [3.8, 4) is 0 Å². The first-order valence-corrected chi connectivity index (χ1v) is 11.6. The summed E-state index contributed by atoms with van der Waals surface area (Å²) in [6.07, 6.45) is 1.69. The zero-order chi connectivity index (χ0) is 23.3. The molecule has 0 atom stereocenters. The zero-order valence-corrected chi connectivity index (χ0v) is 19.0. The Morgan fingerprint density at radius 1 is 0.969 bits per heavy atom. The van der Waals surface area contributed by atoms with Crippen molar-refractivity contribution in [3.05, 3.63) is 59.7 Å². The first-order chi connectivity index (χ1) is 15.1. The summed E-state index contributed by atoms with van der Waals surface area (Å²) in [5.74, 6) is -0.761. The van der Waals surface area contributed by atoms with E-state index in [0.29, 0.717) is 18.7 Å². The molecule has 170 valence electrons. The summed E-state index contributed by atoms with van der Waals surface area (Å²) in [6.45, 7) is 4.09. The number of nitrogens with zero attached hydrogens (tertiary/aromatic N) is 3. The van der Waals surface area contributed by atoms with Gasteiger partial charge in [0.1, 0.15) is 0 Å². The fourth-order valence-corrected chi connectivity index (χ4v) is 4.66. The Hall–Kier alpha value is -3.21. The maximum Gasteiger partial charge on any atom is 0.275 e. The molecule has 0 radical (unpaired) electrons. The molecular formula is C22H28N6O3S. The van der Waals surface area contributed by atoms with E-state index in [0.717, 1.165) is 30.0 Å². The second kappa shape index (κ2) is 9.94. The molecule has 2 aromatic carbocycles. The van der Waals surface area contributed by atoms with Crippen LogP contribution in [-0.2, 0) is 14.8 Å². The number of rotatable bonds is 6. The van der Waals surface area contributed by atoms with Crippen molar-refractivity contribution in [2.75, 3.05) is 38.5 Å². The Morgan fingerprint density at radius 2 is 1.50 bits per heavy atom. The third kappa shape index (κ3) is 5.94. The number of benzene rings is 2. The van der Waals surface area contributed by atoms with Gasteiger partial charge in [-0.05, 0) is 62.0 Å². The smallest absolute Gasteiger partial charge is 0.275 e. The number of likely N-dealkylation sites (N-methyl/N-ethyl adjacent to an activating group) is 1. The van der Waals surface area contributed by atoms with Gasteiger partial charge < -0.3 is 21.7 Å². The Bertz CT molecular complexity index is 1110. The summed E-state index contributed by atoms with van der Waals surface area (Å²) < 4.78 is 27.2. The molecule has 5 N–H and O–H groups in total. The fraction of sp³-hybridized carbons (Fsp3) is 0.273. The lowest BCUT2D eigenvalue weighted by atomic mass is 10.1. The summed E-state index contributed by atoms with van der Waals surface area (Å²) in [7, 11) is -1.50. The molecule has 0 spiro atoms. The molecule has 0 unspecified atom stereocenters. The van der Waals surface area contributed by atoms with Gasteiger partial charge in [-0.25, -0.2) is 8.42 Å². The number of guanidine groups is 1. The van der Waals surface area contributed by atoms with Crippen molar-refractivity contribution >= 4 is 39.3 Å². The number of carbonyl (C=O) groups is 1. The summed E-state index contributed by atoms with van der Waals surface area (Å²) in [6, 6.07) is 14.1. The normalized spacial score (nSPS) is 15.9. The molecule has 10 heteroatoms. The molecule has 9 nitrogen and oxygen atoms in total. The number of anilines is 2. The molecule has 1 aliphatic rings. The van der Waals surface area contributed by atoms with Gasteiger partial charge in [-0.3, -0.25) is 4.79 Å². The lowest BCUT2D eigenvalue weighted by Crippen LogP contribution is -2.46. The molecule has 2 aromatic rings. The van der Waals surface area contributed by atoms with Crippen molar-refractivity contribution in [1.29, 1.82) is 0 Å². The van der Waals surface area contributed by atoms with Gasteiger partial charge in [0.15, 0.2) is 5.96 Å². The van der Waals surface area contributed by atoms with E-state index in [2.05, 4.69) is 15.2 Å². The summed E-state index contributed by atoms with van der Waals surface area (Å²) in [5, 5.41) is 3.24. The molecule has 32 heavy (non-hydrogen) atoms. The van der Waals surface area contributed by atoms with E-state index in [1.807, 2.05) is 31.3 Å². The molecule has 0 bridgehead atoms. The monoisotopic (exact) mass is 456 g/mol. The predicted octanol–water partition coefficient (Wildman–Crippen LogP) is 1.57. The minimum absolute atomic E-state index is 0.273. The largest absolute Gasteiger partial charge is 0.370 e. The average molecular weight is 457 g/mol. The van der Waals surface area contributed by atoms with E-state index < -0.39 is 15.9 Å². The van der Waals surface area contributed by atoms with E-state index in [4.69, 9.17) is 11.5 Å². The van der Waals surface area contributed by atoms with Gasteiger partial charge in [0.05, 0.1) is 4.90 Å². The van der Waals surface area contributed by atoms with Crippen LogP contribution >= 0.6 is 0 Å². The van der Waals surface area contributed by atoms with E-state index in [1.165, 1.54) is 4.31 Å². The van der Waals surface area contributed by atoms with Crippen molar-refractivity contribution in [2.45, 2.75) is 11.8 Å². The summed E-state index contributed by atoms with van der Waals surface area (Å²) >= 11 is 0. The molecule has 0 saturated carbocycles. The number of amides is 1. The average Bonchev–Trinajstić information content (AvgIpc) is 2.75. The lowest BCUT2D eigenvalue weighted by Gasteiger charge is -2.31. The molecule has 1 amide bonds. The topological polar surface area (TPSA) is 134 Å². The van der Waals surface area contributed by atoms with Crippen LogP contribution in [0.25, 0.3) is 6.08 Å². The number of hydrogen-bond donors (Lipinski definition) is 3. The third-order valence-electron chi connectivity index (χ3n) is 5.10. The van der Waals surface area contributed by atoms with Gasteiger partial charge in [0.2, 0.25) is 10.0 Å². The molecular weight excluding hydrogens is 428 g/mol. The third-order valence-corrected chi connectivity index (χ3v) is 7.02. The van der Waals surface area contributed by atoms with Gasteiger partial charge in [0.25, 0.3) is 5.91 Å². The van der Waals surface area contributed by atoms with E-state index >= 15 is 0 Å². The second-order valence-corrected chi connectivity index (χ2v) is 9.59. The molecule has 0 aliphatic carbocycles. The lowest BCUT2D eigenvalue weighted by molar-refractivity contribution is -0.114. The second-order valence-electron chi connectivity index (χ2n) is 7.65. The number of aliphatic imine (C=N–C) groups is 1. The SMILES string of the molecule is CC(=Cc1ccc(Nc2ccc(S(=O)(=O)N3CCN(C)CC3)cc2)cc1)C(=O)N=C(N)N. The van der Waals surface area contributed by atoms with Gasteiger partial charge in [-0.2, -0.15) is 9.30 Å². The minimum atomic E-state index is -3.49. The van der Waals surface area contributed by atoms with Crippen LogP contribution in [0.5, 0.6) is 0 Å². The summed E-state index contributed by atoms with van der Waals surface area (Å²) in [4.78, 5) is 17.7. The van der Waals surface area contributed by atoms with Gasteiger partial charge in [0, 0.05) is 43.1 Å². The van der Waals surface area contributed by atoms with Crippen LogP contribution in [0.4, 0.5) is 11.4 Å². The van der Waals surface area contributed by atoms with Crippen LogP contribution in [0, 0.1) is 0 Å². The Labute approximate surface area is 188 Å². The Kier molecular flexibility index (Phi) is 7.29. The van der Waals surface area contributed by atoms with Crippen LogP contribution in [0.15, 0.2) is 64.0 Å². The quantitative estimate of drug-likeness (QED) is 0.341. The van der Waals surface area contributed by atoms with Gasteiger partial charge in [-0.1, -0.05) is 12.1 Å². The van der Waals surface area contributed by atoms with E-state index in [-0.39, 0.29) is 10.9 Å². The molecule has 1 aliphatic heterocycles. The number of nitrogens with two attached hydrogens (primary N) is 2. The van der Waals surface area contributed by atoms with Crippen LogP contribution in [0.1, 0.15) is 12.5 Å². The Morgan fingerprint density at radius 3 is 2.03 bits per heavy atom. The molecule has 1 heterocycles. The highest BCUT2D eigenvalue weighted by Crippen LogP contribution is 2.22. The van der Waals surface area contributed by atoms with Crippen LogP contribution in [0.2, 0.25) is 0 Å². The van der Waals surface area contributed by atoms with Crippen molar-refractivity contribution in [2.24, 2.45) is 16.5 Å². The molecule has 3 rings (SSSR count). The number of carbonyl (C=O) groups excluding carboxylic acids is 1. The standard InChI is InChI=1S/C22H28N6O3S/c1-16(21(29)26-22(23)24)15-17-3-5-18(6-4-17)25-19-7-9-20(10-8-19)32(30,31)28-13-11-27(2)12-14-28/h3-10,15,25H,11-14H2,1-2H3,(H4,23,24,26,29). The maximum atomic E-state index is 12.8. The first-order valence-electron chi connectivity index (χ1n) is 10.1. The molecule has 1 fully saturated rings. The van der Waals surface area contributed by atoms with Crippen molar-refractivity contribution in [3.63, 3.8) is 0 Å². The van der Waals surface area contributed by atoms with Crippen molar-refractivity contribution < 1.29 is 13.2 Å². The van der Waals surface area contributed by atoms with E-state index in [1.54, 1.807) is 37.3 Å². The highest BCUT2D eigenvalue weighted by atomic mass is 32.2. The number of hydrogen-bond acceptors (Lipinski definition) is 5. The fourth-order valence-electron chi connectivity index (χ4n) is 3.23. The maximum absolute atomic E-state index is 12.8. The highest BCUT2D eigenvalue weighted by Gasteiger charge is 2.27. The van der Waals surface area contributed by atoms with Crippen molar-refractivity contribution in [1.82, 2.24) is 9.21 Å². The first kappa shape index (κ1) is 23.5. The number of sulfonamides is 1. The van der Waals surface area contributed by atoms with Gasteiger partial charge in [-0.15, -0.1) is 0 Å². The number of nitrogens with one attached hydrogen (secondary N) is 1. The van der Waals surface area contributed by atoms with Gasteiger partial charge >= 0.3 is 0 Å². The van der Waals surface area contributed by atoms with Crippen LogP contribution in [-0.4, -0.2) is 62.7 Å². The Balaban J connectivity index is 1.66. The molecule has 0 aromatic heterocycles. The highest BCUT2D eigenvalue weighted by molar-refractivity contribution is 7.89. The minimum Gasteiger partial charge on any atom is -0.370 e. The zero-order valence-electron chi connectivity index (χ0n) is 18.2.